The van der Waals surface area contributed by atoms with Gasteiger partial charge >= 0.3 is 0 Å². The zero-order valence-corrected chi connectivity index (χ0v) is 18.4. The maximum atomic E-state index is 13.1. The fourth-order valence-corrected chi connectivity index (χ4v) is 4.00. The number of aromatic nitrogens is 2. The third-order valence-electron chi connectivity index (χ3n) is 4.31. The van der Waals surface area contributed by atoms with E-state index in [9.17, 15) is 12.8 Å². The average Bonchev–Trinajstić information content (AvgIpc) is 3.16. The summed E-state index contributed by atoms with van der Waals surface area (Å²) in [5.74, 6) is -0.325. The molecule has 156 valence electrons. The second-order valence-corrected chi connectivity index (χ2v) is 9.11. The van der Waals surface area contributed by atoms with Crippen LogP contribution >= 0.6 is 15.9 Å². The third kappa shape index (κ3) is 5.07. The van der Waals surface area contributed by atoms with Crippen molar-refractivity contribution in [3.05, 3.63) is 101 Å². The summed E-state index contributed by atoms with van der Waals surface area (Å²) in [6.45, 7) is 0. The molecule has 0 aliphatic heterocycles. The molecule has 4 aromatic rings. The fourth-order valence-electron chi connectivity index (χ4n) is 2.75. The van der Waals surface area contributed by atoms with E-state index in [1.54, 1.807) is 30.5 Å². The Morgan fingerprint density at radius 3 is 2.32 bits per heavy atom. The minimum atomic E-state index is -3.89. The Morgan fingerprint density at radius 2 is 1.65 bits per heavy atom. The normalized spacial score (nSPS) is 11.7. The third-order valence-corrected chi connectivity index (χ3v) is 6.18. The SMILES string of the molecule is O=S(=O)(Nc1nc(-c2ccccc2)cn1N=Cc1ccc(F)cc1)c1ccc(Br)cc1. The molecule has 0 spiro atoms. The second kappa shape index (κ2) is 8.83. The summed E-state index contributed by atoms with van der Waals surface area (Å²) >= 11 is 3.29. The summed E-state index contributed by atoms with van der Waals surface area (Å²) in [6.07, 6.45) is 3.11. The van der Waals surface area contributed by atoms with E-state index in [1.807, 2.05) is 30.3 Å². The highest BCUT2D eigenvalue weighted by atomic mass is 79.9. The number of sulfonamides is 1. The van der Waals surface area contributed by atoms with Gasteiger partial charge in [0.2, 0.25) is 5.95 Å². The van der Waals surface area contributed by atoms with Crippen LogP contribution in [0.1, 0.15) is 5.56 Å². The van der Waals surface area contributed by atoms with Crippen LogP contribution in [0.4, 0.5) is 10.3 Å². The largest absolute Gasteiger partial charge is 0.264 e. The summed E-state index contributed by atoms with van der Waals surface area (Å²) < 4.78 is 43.4. The average molecular weight is 499 g/mol. The monoisotopic (exact) mass is 498 g/mol. The van der Waals surface area contributed by atoms with E-state index < -0.39 is 10.0 Å². The van der Waals surface area contributed by atoms with Gasteiger partial charge in [0.15, 0.2) is 0 Å². The molecule has 1 heterocycles. The first-order chi connectivity index (χ1) is 14.9. The van der Waals surface area contributed by atoms with Crippen molar-refractivity contribution in [3.63, 3.8) is 0 Å². The van der Waals surface area contributed by atoms with Gasteiger partial charge in [0, 0.05) is 10.0 Å². The number of nitrogens with one attached hydrogen (secondary N) is 1. The minimum Gasteiger partial charge on any atom is -0.247 e. The number of benzene rings is 3. The molecule has 0 fully saturated rings. The lowest BCUT2D eigenvalue weighted by Crippen LogP contribution is -2.15. The Hall–Kier alpha value is -3.30. The van der Waals surface area contributed by atoms with Gasteiger partial charge in [0.05, 0.1) is 23.0 Å². The Balaban J connectivity index is 1.71. The smallest absolute Gasteiger partial charge is 0.247 e. The van der Waals surface area contributed by atoms with Crippen LogP contribution in [0.25, 0.3) is 11.3 Å². The zero-order valence-electron chi connectivity index (χ0n) is 16.0. The van der Waals surface area contributed by atoms with E-state index in [0.29, 0.717) is 11.3 Å². The first-order valence-electron chi connectivity index (χ1n) is 9.14. The van der Waals surface area contributed by atoms with Crippen molar-refractivity contribution >= 4 is 38.1 Å². The number of rotatable bonds is 6. The summed E-state index contributed by atoms with van der Waals surface area (Å²) in [5.41, 5.74) is 2.01. The molecule has 0 saturated carbocycles. The number of hydrogen-bond acceptors (Lipinski definition) is 4. The molecule has 0 bridgehead atoms. The van der Waals surface area contributed by atoms with E-state index in [1.165, 1.54) is 35.2 Å². The van der Waals surface area contributed by atoms with Crippen LogP contribution < -0.4 is 4.72 Å². The van der Waals surface area contributed by atoms with Crippen LogP contribution in [0.15, 0.2) is 99.5 Å². The van der Waals surface area contributed by atoms with Crippen LogP contribution in [0, 0.1) is 5.82 Å². The standard InChI is InChI=1S/C22H16BrFN4O2S/c23-18-8-12-20(13-9-18)31(29,30)27-22-26-21(17-4-2-1-3-5-17)15-28(22)25-14-16-6-10-19(24)11-7-16/h1-15H,(H,26,27). The molecule has 0 aliphatic carbocycles. The predicted molar refractivity (Wildman–Crippen MR) is 122 cm³/mol. The summed E-state index contributed by atoms with van der Waals surface area (Å²) in [6, 6.07) is 21.4. The van der Waals surface area contributed by atoms with E-state index in [0.717, 1.165) is 10.0 Å². The summed E-state index contributed by atoms with van der Waals surface area (Å²) in [4.78, 5) is 4.52. The van der Waals surface area contributed by atoms with Gasteiger partial charge in [-0.1, -0.05) is 58.4 Å². The molecule has 9 heteroatoms. The number of anilines is 1. The topological polar surface area (TPSA) is 76.3 Å². The van der Waals surface area contributed by atoms with Crippen LogP contribution in [0.2, 0.25) is 0 Å². The van der Waals surface area contributed by atoms with Gasteiger partial charge in [-0.3, -0.25) is 0 Å². The lowest BCUT2D eigenvalue weighted by atomic mass is 10.2. The van der Waals surface area contributed by atoms with E-state index in [-0.39, 0.29) is 16.7 Å². The molecule has 4 rings (SSSR count). The van der Waals surface area contributed by atoms with Gasteiger partial charge in [-0.25, -0.2) is 27.2 Å². The summed E-state index contributed by atoms with van der Waals surface area (Å²) in [5, 5.41) is 4.32. The molecule has 6 nitrogen and oxygen atoms in total. The van der Waals surface area contributed by atoms with E-state index >= 15 is 0 Å². The fraction of sp³-hybridized carbons (Fsp3) is 0. The Kier molecular flexibility index (Phi) is 5.97. The maximum absolute atomic E-state index is 13.1. The van der Waals surface area contributed by atoms with Gasteiger partial charge in [0.25, 0.3) is 10.0 Å². The number of halogens is 2. The Labute approximate surface area is 187 Å². The Morgan fingerprint density at radius 1 is 0.968 bits per heavy atom. The van der Waals surface area contributed by atoms with Crippen LogP contribution in [0.3, 0.4) is 0 Å². The molecular formula is C22H16BrFN4O2S. The van der Waals surface area contributed by atoms with Crippen molar-refractivity contribution < 1.29 is 12.8 Å². The van der Waals surface area contributed by atoms with Gasteiger partial charge in [-0.2, -0.15) is 5.10 Å². The molecule has 0 amide bonds. The first-order valence-corrected chi connectivity index (χ1v) is 11.4. The highest BCUT2D eigenvalue weighted by Crippen LogP contribution is 2.23. The van der Waals surface area contributed by atoms with Crippen molar-refractivity contribution in [1.82, 2.24) is 9.66 Å². The highest BCUT2D eigenvalue weighted by Gasteiger charge is 2.19. The maximum Gasteiger partial charge on any atom is 0.264 e. The first kappa shape index (κ1) is 21.0. The molecule has 0 aliphatic rings. The van der Waals surface area contributed by atoms with Crippen LogP contribution in [-0.2, 0) is 10.0 Å². The molecule has 0 atom stereocenters. The number of imidazole rings is 1. The summed E-state index contributed by atoms with van der Waals surface area (Å²) in [7, 11) is -3.89. The van der Waals surface area contributed by atoms with Gasteiger partial charge < -0.3 is 0 Å². The lowest BCUT2D eigenvalue weighted by molar-refractivity contribution is 0.600. The van der Waals surface area contributed by atoms with Crippen molar-refractivity contribution in [2.75, 3.05) is 4.72 Å². The van der Waals surface area contributed by atoms with Gasteiger partial charge in [-0.05, 0) is 42.0 Å². The van der Waals surface area contributed by atoms with E-state index in [2.05, 4.69) is 30.7 Å². The van der Waals surface area contributed by atoms with E-state index in [4.69, 9.17) is 0 Å². The molecule has 0 unspecified atom stereocenters. The minimum absolute atomic E-state index is 0.0279. The number of nitrogens with zero attached hydrogens (tertiary/aromatic N) is 3. The predicted octanol–water partition coefficient (Wildman–Crippen LogP) is 5.13. The second-order valence-electron chi connectivity index (χ2n) is 6.52. The van der Waals surface area contributed by atoms with Crippen LogP contribution in [-0.4, -0.2) is 24.3 Å². The van der Waals surface area contributed by atoms with Gasteiger partial charge in [-0.15, -0.1) is 0 Å². The lowest BCUT2D eigenvalue weighted by Gasteiger charge is -2.07. The van der Waals surface area contributed by atoms with Crippen molar-refractivity contribution in [2.45, 2.75) is 4.90 Å². The molecule has 0 saturated heterocycles. The van der Waals surface area contributed by atoms with Gasteiger partial charge in [0.1, 0.15) is 5.82 Å². The highest BCUT2D eigenvalue weighted by molar-refractivity contribution is 9.10. The zero-order chi connectivity index (χ0) is 21.8. The quantitative estimate of drug-likeness (QED) is 0.374. The van der Waals surface area contributed by atoms with Crippen molar-refractivity contribution in [3.8, 4) is 11.3 Å². The molecule has 1 aromatic heterocycles. The molecular weight excluding hydrogens is 483 g/mol. The van der Waals surface area contributed by atoms with Crippen molar-refractivity contribution in [2.24, 2.45) is 5.10 Å². The molecule has 3 aromatic carbocycles. The molecule has 1 N–H and O–H groups in total. The van der Waals surface area contributed by atoms with Crippen molar-refractivity contribution in [1.29, 1.82) is 0 Å². The number of hydrogen-bond donors (Lipinski definition) is 1. The Bertz CT molecular complexity index is 1320. The molecule has 31 heavy (non-hydrogen) atoms. The molecule has 0 radical (unpaired) electrons. The van der Waals surface area contributed by atoms with Crippen LogP contribution in [0.5, 0.6) is 0 Å².